The summed E-state index contributed by atoms with van der Waals surface area (Å²) in [5.41, 5.74) is 2.50. The molecule has 2 aromatic heterocycles. The number of rotatable bonds is 5. The van der Waals surface area contributed by atoms with Crippen LogP contribution in [0.25, 0.3) is 5.69 Å². The van der Waals surface area contributed by atoms with Crippen LogP contribution in [0.2, 0.25) is 0 Å². The van der Waals surface area contributed by atoms with Crippen molar-refractivity contribution in [1.82, 2.24) is 10.6 Å². The molecular formula is C14H13N3O2S. The monoisotopic (exact) mass is 287 g/mol. The molecule has 5 nitrogen and oxygen atoms in total. The van der Waals surface area contributed by atoms with E-state index in [0.717, 1.165) is 5.69 Å². The van der Waals surface area contributed by atoms with Gasteiger partial charge < -0.3 is 14.9 Å². The zero-order valence-corrected chi connectivity index (χ0v) is 11.5. The molecule has 0 radical (unpaired) electrons. The molecule has 0 aliphatic heterocycles. The van der Waals surface area contributed by atoms with E-state index in [1.54, 1.807) is 11.3 Å². The number of hydrogen-bond donors (Lipinski definition) is 1. The van der Waals surface area contributed by atoms with Crippen molar-refractivity contribution >= 4 is 11.3 Å². The Kier molecular flexibility index (Phi) is 3.76. The van der Waals surface area contributed by atoms with E-state index in [1.165, 1.54) is 10.2 Å². The lowest BCUT2D eigenvalue weighted by atomic mass is 10.3. The maximum absolute atomic E-state index is 11.7. The van der Waals surface area contributed by atoms with Gasteiger partial charge in [-0.3, -0.25) is 0 Å². The molecule has 1 N–H and O–H groups in total. The van der Waals surface area contributed by atoms with Crippen molar-refractivity contribution < 1.29 is 14.3 Å². The van der Waals surface area contributed by atoms with Gasteiger partial charge in [-0.05, 0) is 27.1 Å². The SMILES string of the molecule is [O-]c1on[n+](-c2ccccc2)c1CNCc1ccsc1. The molecule has 0 fully saturated rings. The zero-order chi connectivity index (χ0) is 13.8. The van der Waals surface area contributed by atoms with Crippen molar-refractivity contribution in [2.75, 3.05) is 0 Å². The van der Waals surface area contributed by atoms with E-state index in [4.69, 9.17) is 4.52 Å². The zero-order valence-electron chi connectivity index (χ0n) is 10.7. The van der Waals surface area contributed by atoms with Gasteiger partial charge in [0.2, 0.25) is 5.69 Å². The summed E-state index contributed by atoms with van der Waals surface area (Å²) >= 11 is 1.65. The van der Waals surface area contributed by atoms with Gasteiger partial charge in [-0.2, -0.15) is 11.3 Å². The third-order valence-electron chi connectivity index (χ3n) is 2.90. The molecule has 1 aromatic carbocycles. The highest BCUT2D eigenvalue weighted by molar-refractivity contribution is 7.07. The highest BCUT2D eigenvalue weighted by Crippen LogP contribution is 2.11. The summed E-state index contributed by atoms with van der Waals surface area (Å²) in [7, 11) is 0. The third-order valence-corrected chi connectivity index (χ3v) is 3.63. The van der Waals surface area contributed by atoms with Crippen LogP contribution < -0.4 is 15.1 Å². The molecule has 20 heavy (non-hydrogen) atoms. The molecule has 0 aliphatic carbocycles. The standard InChI is InChI=1S/C14H13N3O2S/c18-14-13(9-15-8-11-6-7-20-10-11)17(16-19-14)12-4-2-1-3-5-12/h1-7,10,15H,8-9H2. The average Bonchev–Trinajstić information content (AvgIpc) is 3.11. The lowest BCUT2D eigenvalue weighted by Gasteiger charge is -2.01. The van der Waals surface area contributed by atoms with E-state index in [0.29, 0.717) is 18.8 Å². The lowest BCUT2D eigenvalue weighted by molar-refractivity contribution is -0.677. The van der Waals surface area contributed by atoms with Gasteiger partial charge in [-0.15, -0.1) is 0 Å². The smallest absolute Gasteiger partial charge is 0.253 e. The number of nitrogens with one attached hydrogen (secondary N) is 1. The second kappa shape index (κ2) is 5.85. The summed E-state index contributed by atoms with van der Waals surface area (Å²) in [5.74, 6) is -0.410. The minimum absolute atomic E-state index is 0.410. The first-order valence-electron chi connectivity index (χ1n) is 6.20. The van der Waals surface area contributed by atoms with E-state index in [1.807, 2.05) is 35.7 Å². The largest absolute Gasteiger partial charge is 0.539 e. The van der Waals surface area contributed by atoms with Gasteiger partial charge in [0.15, 0.2) is 5.95 Å². The number of aromatic nitrogens is 2. The summed E-state index contributed by atoms with van der Waals surface area (Å²) in [6, 6.07) is 11.5. The van der Waals surface area contributed by atoms with E-state index in [-0.39, 0.29) is 0 Å². The van der Waals surface area contributed by atoms with Crippen LogP contribution in [-0.2, 0) is 13.1 Å². The molecule has 0 saturated carbocycles. The first kappa shape index (κ1) is 12.8. The predicted octanol–water partition coefficient (Wildman–Crippen LogP) is 1.38. The van der Waals surface area contributed by atoms with Gasteiger partial charge in [-0.1, -0.05) is 18.2 Å². The molecule has 0 atom stereocenters. The van der Waals surface area contributed by atoms with Crippen LogP contribution in [0.3, 0.4) is 0 Å². The highest BCUT2D eigenvalue weighted by atomic mass is 32.1. The number of nitrogens with zero attached hydrogens (tertiary/aromatic N) is 2. The molecule has 0 amide bonds. The second-order valence-corrected chi connectivity index (χ2v) is 5.07. The first-order chi connectivity index (χ1) is 9.84. The molecule has 6 heteroatoms. The number of hydrogen-bond acceptors (Lipinski definition) is 5. The number of para-hydroxylation sites is 1. The molecule has 3 rings (SSSR count). The van der Waals surface area contributed by atoms with Gasteiger partial charge in [0.1, 0.15) is 0 Å². The average molecular weight is 287 g/mol. The maximum Gasteiger partial charge on any atom is 0.253 e. The predicted molar refractivity (Wildman–Crippen MR) is 72.3 cm³/mol. The van der Waals surface area contributed by atoms with Crippen LogP contribution in [0, 0.1) is 0 Å². The summed E-state index contributed by atoms with van der Waals surface area (Å²) in [5, 5.41) is 22.8. The van der Waals surface area contributed by atoms with E-state index >= 15 is 0 Å². The van der Waals surface area contributed by atoms with Gasteiger partial charge in [0.05, 0.1) is 11.8 Å². The minimum atomic E-state index is -0.410. The summed E-state index contributed by atoms with van der Waals surface area (Å²) in [6.45, 7) is 1.12. The Morgan fingerprint density at radius 3 is 2.80 bits per heavy atom. The highest BCUT2D eigenvalue weighted by Gasteiger charge is 2.19. The molecule has 0 spiro atoms. The van der Waals surface area contributed by atoms with E-state index in [2.05, 4.69) is 22.0 Å². The summed E-state index contributed by atoms with van der Waals surface area (Å²) < 4.78 is 6.29. The quantitative estimate of drug-likeness (QED) is 0.720. The van der Waals surface area contributed by atoms with Gasteiger partial charge in [0.25, 0.3) is 5.69 Å². The minimum Gasteiger partial charge on any atom is -0.539 e. The Morgan fingerprint density at radius 1 is 1.20 bits per heavy atom. The van der Waals surface area contributed by atoms with Gasteiger partial charge in [0, 0.05) is 18.7 Å². The van der Waals surface area contributed by atoms with Crippen molar-refractivity contribution in [2.45, 2.75) is 13.1 Å². The van der Waals surface area contributed by atoms with Crippen molar-refractivity contribution in [3.8, 4) is 11.6 Å². The molecule has 0 aliphatic rings. The van der Waals surface area contributed by atoms with Crippen molar-refractivity contribution in [3.63, 3.8) is 0 Å². The van der Waals surface area contributed by atoms with Crippen LogP contribution in [-0.4, -0.2) is 5.27 Å². The van der Waals surface area contributed by atoms with Crippen molar-refractivity contribution in [2.24, 2.45) is 0 Å². The van der Waals surface area contributed by atoms with Crippen molar-refractivity contribution in [3.05, 3.63) is 58.4 Å². The molecule has 2 heterocycles. The second-order valence-electron chi connectivity index (χ2n) is 4.29. The Hall–Kier alpha value is -2.18. The van der Waals surface area contributed by atoms with Crippen molar-refractivity contribution in [1.29, 1.82) is 0 Å². The van der Waals surface area contributed by atoms with Crippen LogP contribution in [0.5, 0.6) is 5.95 Å². The van der Waals surface area contributed by atoms with E-state index in [9.17, 15) is 5.11 Å². The third kappa shape index (κ3) is 2.71. The fourth-order valence-electron chi connectivity index (χ4n) is 1.90. The lowest BCUT2D eigenvalue weighted by Crippen LogP contribution is -2.38. The number of thiophene rings is 1. The van der Waals surface area contributed by atoms with Crippen LogP contribution in [0.4, 0.5) is 0 Å². The Labute approximate surface area is 120 Å². The molecule has 3 aromatic rings. The fraction of sp³-hybridized carbons (Fsp3) is 0.143. The number of benzene rings is 1. The maximum atomic E-state index is 11.7. The molecular weight excluding hydrogens is 274 g/mol. The van der Waals surface area contributed by atoms with Gasteiger partial charge in [-0.25, -0.2) is 0 Å². The first-order valence-corrected chi connectivity index (χ1v) is 7.14. The molecule has 0 bridgehead atoms. The summed E-state index contributed by atoms with van der Waals surface area (Å²) in [4.78, 5) is 0. The van der Waals surface area contributed by atoms with Crippen LogP contribution in [0.15, 0.2) is 51.7 Å². The Morgan fingerprint density at radius 2 is 2.05 bits per heavy atom. The van der Waals surface area contributed by atoms with Gasteiger partial charge >= 0.3 is 0 Å². The van der Waals surface area contributed by atoms with Crippen LogP contribution in [0.1, 0.15) is 11.3 Å². The van der Waals surface area contributed by atoms with E-state index < -0.39 is 5.95 Å². The topological polar surface area (TPSA) is 65.0 Å². The fourth-order valence-corrected chi connectivity index (χ4v) is 2.57. The summed E-state index contributed by atoms with van der Waals surface area (Å²) in [6.07, 6.45) is 0. The Balaban J connectivity index is 1.74. The normalized spacial score (nSPS) is 10.8. The Bertz CT molecular complexity index is 665. The molecule has 102 valence electrons. The molecule has 0 unspecified atom stereocenters. The molecule has 0 saturated heterocycles. The van der Waals surface area contributed by atoms with Crippen LogP contribution >= 0.6 is 11.3 Å².